The summed E-state index contributed by atoms with van der Waals surface area (Å²) in [6, 6.07) is 5.49. The molecule has 1 spiro atoms. The zero-order chi connectivity index (χ0) is 63.8. The number of nitrogens with one attached hydrogen (secondary N) is 5. The molecule has 30 nitrogen and oxygen atoms in total. The Morgan fingerprint density at radius 2 is 0.856 bits per heavy atom. The van der Waals surface area contributed by atoms with Crippen LogP contribution in [0.3, 0.4) is 0 Å². The van der Waals surface area contributed by atoms with E-state index >= 15 is 0 Å². The van der Waals surface area contributed by atoms with Crippen LogP contribution < -0.4 is 56.2 Å². The molecule has 0 aliphatic carbocycles. The van der Waals surface area contributed by atoms with Gasteiger partial charge in [-0.15, -0.1) is 0 Å². The van der Waals surface area contributed by atoms with Gasteiger partial charge in [-0.05, 0) is 0 Å². The molecule has 6 saturated heterocycles. The number of aromatic nitrogens is 10. The second-order valence-corrected chi connectivity index (χ2v) is 23.7. The Bertz CT molecular complexity index is 3630. The smallest absolute Gasteiger partial charge is 0.331 e. The molecule has 11 rings (SSSR count). The fraction of sp³-hybridized carbons (Fsp3) is 0.529. The zero-order valence-corrected chi connectivity index (χ0v) is 49.9. The first-order valence-corrected chi connectivity index (χ1v) is 30.6. The summed E-state index contributed by atoms with van der Waals surface area (Å²) in [6.45, 7) is 9.95. The summed E-state index contributed by atoms with van der Waals surface area (Å²) in [7, 11) is 6.28. The number of H-pyrrole nitrogens is 5. The maximum Gasteiger partial charge on any atom is 0.331 e. The van der Waals surface area contributed by atoms with Gasteiger partial charge < -0.3 is 56.8 Å². The van der Waals surface area contributed by atoms with Gasteiger partial charge in [-0.2, -0.15) is 0 Å². The highest BCUT2D eigenvalue weighted by molar-refractivity contribution is 14.1. The molecule has 5 aromatic heterocycles. The summed E-state index contributed by atoms with van der Waals surface area (Å²) in [5, 5.41) is 37.0. The molecule has 0 amide bonds. The van der Waals surface area contributed by atoms with Crippen LogP contribution >= 0.6 is 48.4 Å². The first kappa shape index (κ1) is 79.9. The highest BCUT2D eigenvalue weighted by atomic mass is 127. The van der Waals surface area contributed by atoms with E-state index in [1.807, 2.05) is 42.5 Å². The molecule has 39 heteroatoms. The summed E-state index contributed by atoms with van der Waals surface area (Å²) in [6.07, 6.45) is -14.2. The summed E-state index contributed by atoms with van der Waals surface area (Å²) in [5.74, 6) is -1.64. The Hall–Kier alpha value is -6.17. The Balaban J connectivity index is 0.000000375. The van der Waals surface area contributed by atoms with Crippen molar-refractivity contribution >= 4 is 48.4 Å². The molecule has 9 N–H and O–H groups in total. The number of hydrogen-bond donors (Lipinski definition) is 9. The van der Waals surface area contributed by atoms with Crippen LogP contribution in [0.1, 0.15) is 74.7 Å². The standard InChI is InChI=1S/C10H11FN2O4.C10H11FN2O3.C9H10FIN2O4.C9H11FN2O5.C9H9FN2O4.4CH4.H4P3/c1-5-7(11)8(17-10(5)4-16-10)13-3-2-6(14)12-9(13)15;1-5-6(2)16-9(8(5)11)13-4-3-7(14)12-10(13)15;10-6-7(15)4(3-11)17-8(6)13-2-1-5(14)12-9(13)16;10-6-7(15)4(3-13)17-8(6)12-2-1-5(14)11-9(12)16;1-4-7(14)6(10)8(16-4)12-3-2-5(13)11-9(12)15;;;;;1-3-2/h2-3,5,7-8H,4H2,1H3,(H,12,14,15);3-5,8-9H,2H2,1H3,(H,12,14,15);1-2,4,6-8,15H,3H2,(H,12,14,16);1-2,4,6-8,13,15H,3H2,(H,11,14,16);2-3,6-8,14H,1H2,(H,11,13,15);4*1H4;1-2H2/q;;;;;;;;;-1/t5-,7+,8+,10-;5-,8-,9-;2*4-,6-,7-,8-;6-,7-,8-;;;;;/m01111...../s1. The molecule has 5 aromatic rings. The third-order valence-corrected chi connectivity index (χ3v) is 14.3. The fourth-order valence-electron chi connectivity index (χ4n) is 8.55. The first-order chi connectivity index (χ1) is 40.5. The van der Waals surface area contributed by atoms with Crippen LogP contribution in [0.15, 0.2) is 134 Å². The van der Waals surface area contributed by atoms with Crippen molar-refractivity contribution in [2.45, 2.75) is 142 Å². The number of halogens is 6. The number of epoxide rings is 1. The number of ether oxygens (including phenoxy) is 6. The highest BCUT2D eigenvalue weighted by Gasteiger charge is 2.63. The van der Waals surface area contributed by atoms with Crippen LogP contribution in [0.4, 0.5) is 22.0 Å². The topological polar surface area (TPSA) is 414 Å². The van der Waals surface area contributed by atoms with Gasteiger partial charge in [-0.1, -0.05) is 79.3 Å². The molecule has 20 atom stereocenters. The van der Waals surface area contributed by atoms with E-state index in [0.717, 1.165) is 71.8 Å². The Kier molecular flexibility index (Phi) is 30.6. The van der Waals surface area contributed by atoms with Crippen molar-refractivity contribution in [1.82, 2.24) is 47.8 Å². The summed E-state index contributed by atoms with van der Waals surface area (Å²) in [4.78, 5) is 121. The van der Waals surface area contributed by atoms with Gasteiger partial charge in [0.15, 0.2) is 55.3 Å². The number of nitrogens with zero attached hydrogens (tertiary/aromatic N) is 5. The van der Waals surface area contributed by atoms with Gasteiger partial charge in [-0.25, -0.2) is 45.9 Å². The number of aromatic amines is 5. The van der Waals surface area contributed by atoms with Gasteiger partial charge in [-0.3, -0.25) is 89.6 Å². The van der Waals surface area contributed by atoms with E-state index < -0.39 is 173 Å². The summed E-state index contributed by atoms with van der Waals surface area (Å²) < 4.78 is 105. The van der Waals surface area contributed by atoms with Crippen LogP contribution in [-0.4, -0.2) is 153 Å². The third kappa shape index (κ3) is 18.3. The van der Waals surface area contributed by atoms with E-state index in [4.69, 9.17) is 33.5 Å². The van der Waals surface area contributed by atoms with E-state index in [-0.39, 0.29) is 35.5 Å². The molecule has 0 saturated carbocycles. The molecule has 6 aliphatic heterocycles. The van der Waals surface area contributed by atoms with Crippen molar-refractivity contribution in [1.29, 1.82) is 0 Å². The normalized spacial score (nSPS) is 30.5. The Morgan fingerprint density at radius 3 is 1.11 bits per heavy atom. The van der Waals surface area contributed by atoms with Crippen LogP contribution in [-0.2, 0) is 28.4 Å². The van der Waals surface area contributed by atoms with Crippen molar-refractivity contribution in [3.05, 3.63) is 190 Å². The maximum atomic E-state index is 14.0. The largest absolute Gasteiger partial charge is 0.489 e. The molecule has 6 aliphatic rings. The summed E-state index contributed by atoms with van der Waals surface area (Å²) >= 11 is 1.96. The van der Waals surface area contributed by atoms with Gasteiger partial charge in [0.1, 0.15) is 36.8 Å². The van der Waals surface area contributed by atoms with Crippen LogP contribution in [0.5, 0.6) is 0 Å². The quantitative estimate of drug-likeness (QED) is 0.0365. The number of alkyl halides is 6. The minimum Gasteiger partial charge on any atom is -0.489 e. The van der Waals surface area contributed by atoms with Crippen LogP contribution in [0, 0.1) is 11.8 Å². The van der Waals surface area contributed by atoms with E-state index in [2.05, 4.69) is 36.0 Å². The lowest BCUT2D eigenvalue weighted by Gasteiger charge is -2.15. The van der Waals surface area contributed by atoms with Crippen molar-refractivity contribution < 1.29 is 70.8 Å². The predicted octanol–water partition coefficient (Wildman–Crippen LogP) is 1.35. The van der Waals surface area contributed by atoms with Gasteiger partial charge in [0.05, 0.1) is 24.4 Å². The molecule has 90 heavy (non-hydrogen) atoms. The number of aliphatic hydroxyl groups excluding tert-OH is 4. The van der Waals surface area contributed by atoms with E-state index in [9.17, 15) is 85.2 Å². The first-order valence-electron chi connectivity index (χ1n) is 25.0. The second kappa shape index (κ2) is 34.5. The van der Waals surface area contributed by atoms with Crippen LogP contribution in [0.25, 0.3) is 0 Å². The van der Waals surface area contributed by atoms with E-state index in [1.165, 1.54) is 20.4 Å². The van der Waals surface area contributed by atoms with Crippen molar-refractivity contribution in [3.8, 4) is 0 Å². The zero-order valence-electron chi connectivity index (χ0n) is 44.6. The van der Waals surface area contributed by atoms with Crippen molar-refractivity contribution in [2.24, 2.45) is 11.8 Å². The fourth-order valence-corrected chi connectivity index (χ4v) is 9.27. The minimum atomic E-state index is -1.85. The Labute approximate surface area is 526 Å². The maximum absolute atomic E-state index is 14.0. The molecule has 0 aromatic carbocycles. The van der Waals surface area contributed by atoms with Gasteiger partial charge in [0.2, 0.25) is 12.5 Å². The average Bonchev–Trinajstić information content (AvgIpc) is 1.58. The highest BCUT2D eigenvalue weighted by Crippen LogP contribution is 2.50. The van der Waals surface area contributed by atoms with Gasteiger partial charge in [0.25, 0.3) is 27.8 Å². The second-order valence-electron chi connectivity index (χ2n) is 19.0. The summed E-state index contributed by atoms with van der Waals surface area (Å²) in [5.41, 5.74) is -6.59. The molecule has 11 heterocycles. The molecule has 0 radical (unpaired) electrons. The predicted molar refractivity (Wildman–Crippen MR) is 332 cm³/mol. The molecule has 6 fully saturated rings. The third-order valence-electron chi connectivity index (χ3n) is 13.4. The SMILES string of the molecule is C.C.C.C.C=C1O[C@@H](n2ccc(=O)[nH]c2=O)[C@H](F)[C@@H]1C.C=C1O[C@@H](n2ccc(=O)[nH]c2=O)[C@H](F)[C@@H]1O.C[C@H]1[C@@H](F)[C@H](n2ccc(=O)[nH]c2=O)O[C@@]12CO2.O=c1ccn([C@@H]2O[C@H](CI)[C@@H](O)[C@H]2F)c(=O)[nH]1.O=c1ccn([C@@H]2O[C@H](CO)[C@@H](O)[C@H]2F)c(=O)[nH]1.P[P-]P. The molecular weight excluding hydrogens is 1390 g/mol. The Morgan fingerprint density at radius 1 is 0.544 bits per heavy atom. The average molecular weight is 1460 g/mol. The van der Waals surface area contributed by atoms with E-state index in [1.54, 1.807) is 13.8 Å². The number of aliphatic hydroxyl groups is 4. The van der Waals surface area contributed by atoms with Crippen molar-refractivity contribution in [2.75, 3.05) is 17.6 Å². The number of rotatable bonds is 7. The monoisotopic (exact) mass is 1460 g/mol. The number of allylic oxidation sites excluding steroid dienone is 1. The molecule has 504 valence electrons. The van der Waals surface area contributed by atoms with Crippen molar-refractivity contribution in [3.63, 3.8) is 0 Å². The molecular formula is C51H72F5IN10O20P3-. The molecule has 0 bridgehead atoms. The number of hydrogen-bond acceptors (Lipinski definition) is 20. The van der Waals surface area contributed by atoms with Gasteiger partial charge >= 0.3 is 28.4 Å². The lowest BCUT2D eigenvalue weighted by atomic mass is 10.0. The minimum absolute atomic E-state index is 0. The molecule has 2 unspecified atom stereocenters. The van der Waals surface area contributed by atoms with Gasteiger partial charge in [0, 0.05) is 71.7 Å². The van der Waals surface area contributed by atoms with Crippen LogP contribution in [0.2, 0.25) is 0 Å². The lowest BCUT2D eigenvalue weighted by molar-refractivity contribution is -0.0855. The van der Waals surface area contributed by atoms with E-state index in [0.29, 0.717) is 16.8 Å². The lowest BCUT2D eigenvalue weighted by Crippen LogP contribution is -2.35.